The van der Waals surface area contributed by atoms with Gasteiger partial charge < -0.3 is 24.2 Å². The van der Waals surface area contributed by atoms with E-state index in [4.69, 9.17) is 14.2 Å². The molecule has 37 heavy (non-hydrogen) atoms. The number of methoxy groups -OCH3 is 2. The van der Waals surface area contributed by atoms with Gasteiger partial charge in [-0.25, -0.2) is 0 Å². The molecule has 3 aromatic carbocycles. The largest absolute Gasteiger partial charge is 0.507 e. The number of ether oxygens (including phenoxy) is 3. The van der Waals surface area contributed by atoms with Gasteiger partial charge in [-0.15, -0.1) is 0 Å². The van der Waals surface area contributed by atoms with Gasteiger partial charge in [-0.2, -0.15) is 0 Å². The van der Waals surface area contributed by atoms with E-state index in [0.717, 1.165) is 16.9 Å². The lowest BCUT2D eigenvalue weighted by Gasteiger charge is -2.26. The number of ketones is 1. The summed E-state index contributed by atoms with van der Waals surface area (Å²) in [5.74, 6) is 0.204. The van der Waals surface area contributed by atoms with E-state index < -0.39 is 17.7 Å². The zero-order valence-electron chi connectivity index (χ0n) is 21.1. The molecule has 1 N–H and O–H groups in total. The van der Waals surface area contributed by atoms with Gasteiger partial charge in [0.25, 0.3) is 11.7 Å². The lowest BCUT2D eigenvalue weighted by Crippen LogP contribution is -2.31. The number of likely N-dealkylation sites (tertiary alicyclic amines) is 1. The van der Waals surface area contributed by atoms with Crippen molar-refractivity contribution >= 4 is 17.4 Å². The number of carbonyl (C=O) groups is 2. The highest BCUT2D eigenvalue weighted by Crippen LogP contribution is 2.42. The molecular formula is C30H29NO6. The Morgan fingerprint density at radius 2 is 1.76 bits per heavy atom. The van der Waals surface area contributed by atoms with Crippen LogP contribution in [0.4, 0.5) is 0 Å². The van der Waals surface area contributed by atoms with Crippen LogP contribution in [0.25, 0.3) is 5.76 Å². The highest BCUT2D eigenvalue weighted by Gasteiger charge is 2.46. The van der Waals surface area contributed by atoms with E-state index in [9.17, 15) is 14.7 Å². The number of aliphatic hydroxyl groups excluding tert-OH is 1. The van der Waals surface area contributed by atoms with Crippen molar-refractivity contribution in [1.82, 2.24) is 4.90 Å². The van der Waals surface area contributed by atoms with E-state index in [0.29, 0.717) is 42.0 Å². The number of hydrogen-bond acceptors (Lipinski definition) is 6. The molecule has 2 aliphatic heterocycles. The quantitative estimate of drug-likeness (QED) is 0.288. The zero-order chi connectivity index (χ0) is 26.1. The molecule has 0 bridgehead atoms. The summed E-state index contributed by atoms with van der Waals surface area (Å²) in [7, 11) is 3.07. The van der Waals surface area contributed by atoms with E-state index >= 15 is 0 Å². The fourth-order valence-electron chi connectivity index (χ4n) is 5.10. The molecule has 0 radical (unpaired) electrons. The first-order chi connectivity index (χ1) is 17.9. The summed E-state index contributed by atoms with van der Waals surface area (Å²) in [4.78, 5) is 28.2. The Labute approximate surface area is 215 Å². The predicted molar refractivity (Wildman–Crippen MR) is 139 cm³/mol. The average Bonchev–Trinajstić information content (AvgIpc) is 3.42. The molecule has 1 amide bonds. The normalized spacial score (nSPS) is 20.0. The Bertz CT molecular complexity index is 1380. The second-order valence-corrected chi connectivity index (χ2v) is 9.30. The van der Waals surface area contributed by atoms with Crippen molar-refractivity contribution in [2.75, 3.05) is 20.8 Å². The van der Waals surface area contributed by atoms with Crippen molar-refractivity contribution in [3.63, 3.8) is 0 Å². The highest BCUT2D eigenvalue weighted by molar-refractivity contribution is 6.46. The second kappa shape index (κ2) is 10.0. The number of carbonyl (C=O) groups excluding carboxylic acids is 2. The molecule has 2 atom stereocenters. The van der Waals surface area contributed by atoms with E-state index in [2.05, 4.69) is 0 Å². The van der Waals surface area contributed by atoms with E-state index in [-0.39, 0.29) is 17.4 Å². The summed E-state index contributed by atoms with van der Waals surface area (Å²) in [6.07, 6.45) is 1.31. The number of Topliss-reactive ketones (excluding diaryl/α,β-unsaturated/α-hetero) is 1. The summed E-state index contributed by atoms with van der Waals surface area (Å²) in [5, 5.41) is 11.5. The molecule has 1 saturated heterocycles. The van der Waals surface area contributed by atoms with Crippen LogP contribution in [-0.2, 0) is 22.4 Å². The minimum Gasteiger partial charge on any atom is -0.507 e. The Morgan fingerprint density at radius 1 is 1.00 bits per heavy atom. The van der Waals surface area contributed by atoms with Crippen LogP contribution < -0.4 is 14.2 Å². The first-order valence-corrected chi connectivity index (χ1v) is 12.3. The van der Waals surface area contributed by atoms with Crippen molar-refractivity contribution in [2.24, 2.45) is 0 Å². The van der Waals surface area contributed by atoms with Gasteiger partial charge in [0, 0.05) is 18.5 Å². The van der Waals surface area contributed by atoms with Crippen molar-refractivity contribution in [2.45, 2.75) is 31.9 Å². The standard InChI is InChI=1S/C30H29NO6/c1-18-15-22-16-21(10-11-23(22)37-18)28(32)26-27(20-9-12-24(35-2)25(17-20)36-3)31(30(34)29(26)33)14-13-19-7-5-4-6-8-19/h4-12,16-18,27,32H,13-15H2,1-3H3/t18-,27+/m0/s1. The lowest BCUT2D eigenvalue weighted by atomic mass is 9.94. The third-order valence-corrected chi connectivity index (χ3v) is 6.92. The predicted octanol–water partition coefficient (Wildman–Crippen LogP) is 4.69. The first kappa shape index (κ1) is 24.4. The molecule has 7 nitrogen and oxygen atoms in total. The van der Waals surface area contributed by atoms with Crippen molar-refractivity contribution in [1.29, 1.82) is 0 Å². The van der Waals surface area contributed by atoms with Crippen LogP contribution in [-0.4, -0.2) is 48.6 Å². The van der Waals surface area contributed by atoms with Gasteiger partial charge in [0.05, 0.1) is 25.8 Å². The van der Waals surface area contributed by atoms with Crippen LogP contribution in [0.5, 0.6) is 17.2 Å². The average molecular weight is 500 g/mol. The minimum absolute atomic E-state index is 0.0442. The Balaban J connectivity index is 1.60. The van der Waals surface area contributed by atoms with Gasteiger partial charge >= 0.3 is 0 Å². The van der Waals surface area contributed by atoms with E-state index in [1.807, 2.05) is 43.3 Å². The topological polar surface area (TPSA) is 85.3 Å². The third kappa shape index (κ3) is 4.53. The Hall–Kier alpha value is -4.26. The van der Waals surface area contributed by atoms with Gasteiger partial charge in [0.2, 0.25) is 0 Å². The van der Waals surface area contributed by atoms with E-state index in [1.54, 1.807) is 37.4 Å². The van der Waals surface area contributed by atoms with Crippen molar-refractivity contribution < 1.29 is 28.9 Å². The Kier molecular flexibility index (Phi) is 6.61. The molecule has 0 aliphatic carbocycles. The molecule has 190 valence electrons. The first-order valence-electron chi connectivity index (χ1n) is 12.3. The summed E-state index contributed by atoms with van der Waals surface area (Å²) in [6.45, 7) is 2.29. The van der Waals surface area contributed by atoms with Crippen LogP contribution in [0, 0.1) is 0 Å². The van der Waals surface area contributed by atoms with Crippen LogP contribution >= 0.6 is 0 Å². The maximum atomic E-state index is 13.4. The van der Waals surface area contributed by atoms with Gasteiger partial charge in [0.15, 0.2) is 11.5 Å². The molecule has 0 unspecified atom stereocenters. The zero-order valence-corrected chi connectivity index (χ0v) is 21.1. The molecule has 7 heteroatoms. The number of amides is 1. The molecule has 2 aliphatic rings. The number of benzene rings is 3. The van der Waals surface area contributed by atoms with E-state index in [1.165, 1.54) is 12.0 Å². The summed E-state index contributed by atoms with van der Waals surface area (Å²) >= 11 is 0. The van der Waals surface area contributed by atoms with Crippen LogP contribution in [0.1, 0.15) is 35.2 Å². The molecule has 2 heterocycles. The maximum absolute atomic E-state index is 13.4. The monoisotopic (exact) mass is 499 g/mol. The number of fused-ring (bicyclic) bond motifs is 1. The van der Waals surface area contributed by atoms with Crippen molar-refractivity contribution in [3.05, 3.63) is 94.6 Å². The third-order valence-electron chi connectivity index (χ3n) is 6.92. The minimum atomic E-state index is -0.785. The lowest BCUT2D eigenvalue weighted by molar-refractivity contribution is -0.139. The van der Waals surface area contributed by atoms with Gasteiger partial charge in [-0.05, 0) is 60.4 Å². The van der Waals surface area contributed by atoms with Crippen LogP contribution in [0.2, 0.25) is 0 Å². The van der Waals surface area contributed by atoms with Gasteiger partial charge in [-0.3, -0.25) is 9.59 Å². The number of rotatable bonds is 7. The highest BCUT2D eigenvalue weighted by atomic mass is 16.5. The number of hydrogen-bond donors (Lipinski definition) is 1. The van der Waals surface area contributed by atoms with Gasteiger partial charge in [-0.1, -0.05) is 36.4 Å². The van der Waals surface area contributed by atoms with Crippen molar-refractivity contribution in [3.8, 4) is 17.2 Å². The van der Waals surface area contributed by atoms with Gasteiger partial charge in [0.1, 0.15) is 17.6 Å². The molecule has 0 aromatic heterocycles. The second-order valence-electron chi connectivity index (χ2n) is 9.30. The maximum Gasteiger partial charge on any atom is 0.295 e. The molecule has 0 saturated carbocycles. The SMILES string of the molecule is COc1ccc([C@@H]2C(=C(O)c3ccc4c(c3)C[C@H](C)O4)C(=O)C(=O)N2CCc2ccccc2)cc1OC. The smallest absolute Gasteiger partial charge is 0.295 e. The summed E-state index contributed by atoms with van der Waals surface area (Å²) in [6, 6.07) is 19.6. The number of aliphatic hydroxyl groups is 1. The molecule has 3 aromatic rings. The summed E-state index contributed by atoms with van der Waals surface area (Å²) in [5.41, 5.74) is 3.17. The fraction of sp³-hybridized carbons (Fsp3) is 0.267. The molecular weight excluding hydrogens is 470 g/mol. The molecule has 1 fully saturated rings. The van der Waals surface area contributed by atoms with Crippen LogP contribution in [0.3, 0.4) is 0 Å². The Morgan fingerprint density at radius 3 is 2.49 bits per heavy atom. The molecule has 0 spiro atoms. The van der Waals surface area contributed by atoms with Crippen LogP contribution in [0.15, 0.2) is 72.3 Å². The summed E-state index contributed by atoms with van der Waals surface area (Å²) < 4.78 is 16.6. The fourth-order valence-corrected chi connectivity index (χ4v) is 5.10. The molecule has 5 rings (SSSR count). The number of nitrogens with zero attached hydrogens (tertiary/aromatic N) is 1.